The van der Waals surface area contributed by atoms with Crippen LogP contribution in [0.15, 0.2) is 35.7 Å². The molecule has 0 bridgehead atoms. The van der Waals surface area contributed by atoms with Gasteiger partial charge in [-0.3, -0.25) is 4.68 Å². The molecule has 0 aliphatic carbocycles. The minimum atomic E-state index is -0.950. The average Bonchev–Trinajstić information content (AvgIpc) is 2.76. The van der Waals surface area contributed by atoms with Crippen LogP contribution in [0.25, 0.3) is 0 Å². The number of carbonyl (C=O) groups is 1. The smallest absolute Gasteiger partial charge is 0.337 e. The first-order valence-corrected chi connectivity index (χ1v) is 6.43. The van der Waals surface area contributed by atoms with E-state index in [1.807, 2.05) is 19.4 Å². The van der Waals surface area contributed by atoms with E-state index in [1.165, 1.54) is 11.8 Å². The summed E-state index contributed by atoms with van der Waals surface area (Å²) < 4.78 is 1.78. The Bertz CT molecular complexity index is 537. The second-order valence-electron chi connectivity index (χ2n) is 3.81. The summed E-state index contributed by atoms with van der Waals surface area (Å²) in [6.07, 6.45) is 6.14. The van der Waals surface area contributed by atoms with E-state index in [9.17, 15) is 4.79 Å². The third-order valence-corrected chi connectivity index (χ3v) is 3.33. The number of carboxylic acids is 1. The second kappa shape index (κ2) is 5.68. The molecule has 5 nitrogen and oxygen atoms in total. The quantitative estimate of drug-likeness (QED) is 0.834. The van der Waals surface area contributed by atoms with E-state index in [0.29, 0.717) is 0 Å². The van der Waals surface area contributed by atoms with Gasteiger partial charge in [-0.15, -0.1) is 11.8 Å². The highest BCUT2D eigenvalue weighted by molar-refractivity contribution is 7.99. The molecule has 0 fully saturated rings. The fraction of sp³-hybridized carbons (Fsp3) is 0.250. The monoisotopic (exact) mass is 263 g/mol. The minimum Gasteiger partial charge on any atom is -0.478 e. The summed E-state index contributed by atoms with van der Waals surface area (Å²) in [7, 11) is 1.89. The molecule has 2 rings (SSSR count). The van der Waals surface area contributed by atoms with Gasteiger partial charge >= 0.3 is 5.97 Å². The van der Waals surface area contributed by atoms with Gasteiger partial charge in [0.15, 0.2) is 0 Å². The Morgan fingerprint density at radius 3 is 2.83 bits per heavy atom. The molecule has 94 valence electrons. The van der Waals surface area contributed by atoms with Gasteiger partial charge in [0, 0.05) is 25.2 Å². The van der Waals surface area contributed by atoms with E-state index in [-0.39, 0.29) is 5.56 Å². The van der Waals surface area contributed by atoms with E-state index in [1.54, 1.807) is 28.6 Å². The summed E-state index contributed by atoms with van der Waals surface area (Å²) in [5, 5.41) is 13.7. The second-order valence-corrected chi connectivity index (χ2v) is 4.93. The van der Waals surface area contributed by atoms with Crippen LogP contribution in [0.5, 0.6) is 0 Å². The van der Waals surface area contributed by atoms with Crippen LogP contribution < -0.4 is 0 Å². The molecular weight excluding hydrogens is 250 g/mol. The summed E-state index contributed by atoms with van der Waals surface area (Å²) >= 11 is 1.60. The Morgan fingerprint density at radius 2 is 2.28 bits per heavy atom. The molecule has 1 N–H and O–H groups in total. The first kappa shape index (κ1) is 12.6. The predicted molar refractivity (Wildman–Crippen MR) is 68.8 cm³/mol. The van der Waals surface area contributed by atoms with Crippen molar-refractivity contribution in [3.63, 3.8) is 0 Å². The predicted octanol–water partition coefficient (Wildman–Crippen LogP) is 1.85. The summed E-state index contributed by atoms with van der Waals surface area (Å²) in [6.45, 7) is 0. The Hall–Kier alpha value is -1.82. The first-order valence-electron chi connectivity index (χ1n) is 5.45. The molecule has 0 saturated heterocycles. The van der Waals surface area contributed by atoms with Crippen molar-refractivity contribution in [3.05, 3.63) is 41.9 Å². The molecule has 0 atom stereocenters. The van der Waals surface area contributed by atoms with Gasteiger partial charge < -0.3 is 5.11 Å². The number of carboxylic acid groups (broad SMARTS) is 1. The van der Waals surface area contributed by atoms with Crippen LogP contribution in [-0.2, 0) is 13.5 Å². The SMILES string of the molecule is Cn1cc(CCSc2ccc(C(=O)O)cn2)cn1. The Labute approximate surface area is 109 Å². The number of pyridine rings is 1. The highest BCUT2D eigenvalue weighted by Crippen LogP contribution is 2.16. The molecule has 0 spiro atoms. The van der Waals surface area contributed by atoms with Crippen molar-refractivity contribution in [2.24, 2.45) is 7.05 Å². The van der Waals surface area contributed by atoms with Gasteiger partial charge in [-0.05, 0) is 24.1 Å². The standard InChI is InChI=1S/C12H13N3O2S/c1-15-8-9(6-14-15)4-5-18-11-3-2-10(7-13-11)12(16)17/h2-3,6-8H,4-5H2,1H3,(H,16,17). The Kier molecular flexibility index (Phi) is 3.99. The zero-order valence-electron chi connectivity index (χ0n) is 9.91. The maximum atomic E-state index is 10.7. The minimum absolute atomic E-state index is 0.214. The van der Waals surface area contributed by atoms with Gasteiger partial charge in [0.1, 0.15) is 0 Å². The van der Waals surface area contributed by atoms with Crippen LogP contribution >= 0.6 is 11.8 Å². The number of aromatic nitrogens is 3. The zero-order chi connectivity index (χ0) is 13.0. The van der Waals surface area contributed by atoms with Gasteiger partial charge in [0.05, 0.1) is 16.8 Å². The number of nitrogens with zero attached hydrogens (tertiary/aromatic N) is 3. The lowest BCUT2D eigenvalue weighted by atomic mass is 10.3. The normalized spacial score (nSPS) is 10.5. The van der Waals surface area contributed by atoms with Gasteiger partial charge in [-0.25, -0.2) is 9.78 Å². The van der Waals surface area contributed by atoms with Crippen LogP contribution in [0.2, 0.25) is 0 Å². The third-order valence-electron chi connectivity index (χ3n) is 2.38. The number of hydrogen-bond acceptors (Lipinski definition) is 4. The molecule has 0 saturated carbocycles. The van der Waals surface area contributed by atoms with Crippen molar-refractivity contribution >= 4 is 17.7 Å². The molecular formula is C12H13N3O2S. The lowest BCUT2D eigenvalue weighted by Gasteiger charge is -2.00. The van der Waals surface area contributed by atoms with Crippen molar-refractivity contribution < 1.29 is 9.90 Å². The molecule has 6 heteroatoms. The highest BCUT2D eigenvalue weighted by atomic mass is 32.2. The maximum Gasteiger partial charge on any atom is 0.337 e. The third kappa shape index (κ3) is 3.33. The van der Waals surface area contributed by atoms with Gasteiger partial charge in [-0.2, -0.15) is 5.10 Å². The molecule has 2 aromatic heterocycles. The molecule has 0 radical (unpaired) electrons. The maximum absolute atomic E-state index is 10.7. The van der Waals surface area contributed by atoms with Crippen LogP contribution in [0.3, 0.4) is 0 Å². The lowest BCUT2D eigenvalue weighted by Crippen LogP contribution is -1.97. The van der Waals surface area contributed by atoms with Crippen molar-refractivity contribution in [1.29, 1.82) is 0 Å². The molecule has 0 amide bonds. The van der Waals surface area contributed by atoms with Gasteiger partial charge in [0.2, 0.25) is 0 Å². The van der Waals surface area contributed by atoms with Crippen LogP contribution in [0, 0.1) is 0 Å². The lowest BCUT2D eigenvalue weighted by molar-refractivity contribution is 0.0696. The van der Waals surface area contributed by atoms with E-state index in [4.69, 9.17) is 5.11 Å². The van der Waals surface area contributed by atoms with Crippen molar-refractivity contribution in [2.75, 3.05) is 5.75 Å². The topological polar surface area (TPSA) is 68.0 Å². The van der Waals surface area contributed by atoms with Gasteiger partial charge in [-0.1, -0.05) is 0 Å². The van der Waals surface area contributed by atoms with Crippen LogP contribution in [0.1, 0.15) is 15.9 Å². The molecule has 0 aromatic carbocycles. The molecule has 0 aliphatic rings. The first-order chi connectivity index (χ1) is 8.65. The number of aryl methyl sites for hydroxylation is 2. The summed E-state index contributed by atoms with van der Waals surface area (Å²) in [6, 6.07) is 3.30. The van der Waals surface area contributed by atoms with E-state index >= 15 is 0 Å². The molecule has 18 heavy (non-hydrogen) atoms. The summed E-state index contributed by atoms with van der Waals surface area (Å²) in [5.41, 5.74) is 1.40. The van der Waals surface area contributed by atoms with Crippen molar-refractivity contribution in [1.82, 2.24) is 14.8 Å². The number of hydrogen-bond donors (Lipinski definition) is 1. The fourth-order valence-electron chi connectivity index (χ4n) is 1.47. The zero-order valence-corrected chi connectivity index (χ0v) is 10.7. The van der Waals surface area contributed by atoms with Crippen LogP contribution in [-0.4, -0.2) is 31.6 Å². The summed E-state index contributed by atoms with van der Waals surface area (Å²) in [4.78, 5) is 14.8. The summed E-state index contributed by atoms with van der Waals surface area (Å²) in [5.74, 6) is -0.0557. The molecule has 0 aliphatic heterocycles. The Morgan fingerprint density at radius 1 is 1.44 bits per heavy atom. The van der Waals surface area contributed by atoms with E-state index in [0.717, 1.165) is 17.2 Å². The van der Waals surface area contributed by atoms with E-state index in [2.05, 4.69) is 10.1 Å². The highest BCUT2D eigenvalue weighted by Gasteiger charge is 2.03. The van der Waals surface area contributed by atoms with Crippen LogP contribution in [0.4, 0.5) is 0 Å². The average molecular weight is 263 g/mol. The number of aromatic carboxylic acids is 1. The molecule has 2 heterocycles. The fourth-order valence-corrected chi connectivity index (χ4v) is 2.31. The van der Waals surface area contributed by atoms with Crippen molar-refractivity contribution in [3.8, 4) is 0 Å². The Balaban J connectivity index is 1.85. The molecule has 2 aromatic rings. The van der Waals surface area contributed by atoms with E-state index < -0.39 is 5.97 Å². The largest absolute Gasteiger partial charge is 0.478 e. The number of thioether (sulfide) groups is 1. The van der Waals surface area contributed by atoms with Crippen molar-refractivity contribution in [2.45, 2.75) is 11.4 Å². The number of rotatable bonds is 5. The van der Waals surface area contributed by atoms with Gasteiger partial charge in [0.25, 0.3) is 0 Å². The molecule has 0 unspecified atom stereocenters.